The fourth-order valence-corrected chi connectivity index (χ4v) is 2.89. The van der Waals surface area contributed by atoms with E-state index in [2.05, 4.69) is 17.1 Å². The highest BCUT2D eigenvalue weighted by atomic mass is 16.4. The molecule has 1 fully saturated rings. The van der Waals surface area contributed by atoms with Gasteiger partial charge in [0.05, 0.1) is 12.0 Å². The summed E-state index contributed by atoms with van der Waals surface area (Å²) in [6.45, 7) is 7.81. The number of carboxylic acids is 1. The fraction of sp³-hybridized carbons (Fsp3) is 0.867. The molecule has 1 aliphatic heterocycles. The van der Waals surface area contributed by atoms with Crippen LogP contribution in [0.15, 0.2) is 0 Å². The van der Waals surface area contributed by atoms with Crippen molar-refractivity contribution < 1.29 is 14.7 Å². The monoisotopic (exact) mass is 284 g/mol. The van der Waals surface area contributed by atoms with Crippen LogP contribution in [-0.2, 0) is 9.59 Å². The van der Waals surface area contributed by atoms with Gasteiger partial charge < -0.3 is 10.4 Å². The molecule has 0 aromatic rings. The molecule has 1 saturated heterocycles. The molecule has 5 heteroatoms. The van der Waals surface area contributed by atoms with Crippen LogP contribution in [0.5, 0.6) is 0 Å². The lowest BCUT2D eigenvalue weighted by Crippen LogP contribution is -2.48. The number of rotatable bonds is 7. The normalized spacial score (nSPS) is 20.4. The number of hydrogen-bond donors (Lipinski definition) is 2. The largest absolute Gasteiger partial charge is 0.481 e. The van der Waals surface area contributed by atoms with Crippen LogP contribution in [-0.4, -0.2) is 47.6 Å². The molecule has 0 aromatic heterocycles. The third-order valence-corrected chi connectivity index (χ3v) is 4.44. The lowest BCUT2D eigenvalue weighted by atomic mass is 9.76. The molecule has 0 aliphatic carbocycles. The molecule has 0 saturated carbocycles. The van der Waals surface area contributed by atoms with E-state index >= 15 is 0 Å². The number of piperidine rings is 1. The molecule has 1 rings (SSSR count). The number of carboxylic acid groups (broad SMARTS) is 1. The van der Waals surface area contributed by atoms with Crippen molar-refractivity contribution >= 4 is 11.9 Å². The number of nitrogens with one attached hydrogen (secondary N) is 1. The van der Waals surface area contributed by atoms with Gasteiger partial charge in [-0.15, -0.1) is 0 Å². The summed E-state index contributed by atoms with van der Waals surface area (Å²) in [5.41, 5.74) is -0.581. The average molecular weight is 284 g/mol. The van der Waals surface area contributed by atoms with Crippen LogP contribution in [0.25, 0.3) is 0 Å². The van der Waals surface area contributed by atoms with Crippen molar-refractivity contribution in [1.82, 2.24) is 10.2 Å². The van der Waals surface area contributed by atoms with Gasteiger partial charge in [-0.05, 0) is 45.7 Å². The van der Waals surface area contributed by atoms with Crippen molar-refractivity contribution in [3.63, 3.8) is 0 Å². The third-order valence-electron chi connectivity index (χ3n) is 4.44. The Morgan fingerprint density at radius 2 is 1.90 bits per heavy atom. The van der Waals surface area contributed by atoms with Gasteiger partial charge >= 0.3 is 5.97 Å². The van der Waals surface area contributed by atoms with Crippen LogP contribution in [0.4, 0.5) is 0 Å². The van der Waals surface area contributed by atoms with Crippen LogP contribution in [0.1, 0.15) is 52.9 Å². The first kappa shape index (κ1) is 17.0. The van der Waals surface area contributed by atoms with Crippen LogP contribution < -0.4 is 5.32 Å². The summed E-state index contributed by atoms with van der Waals surface area (Å²) in [4.78, 5) is 25.3. The van der Waals surface area contributed by atoms with Crippen LogP contribution in [0, 0.1) is 5.41 Å². The van der Waals surface area contributed by atoms with Gasteiger partial charge in [0.2, 0.25) is 5.91 Å². The van der Waals surface area contributed by atoms with Crippen molar-refractivity contribution in [3.05, 3.63) is 0 Å². The van der Waals surface area contributed by atoms with Gasteiger partial charge in [-0.2, -0.15) is 0 Å². The fourth-order valence-electron chi connectivity index (χ4n) is 2.89. The maximum Gasteiger partial charge on any atom is 0.309 e. The van der Waals surface area contributed by atoms with E-state index in [1.807, 2.05) is 13.8 Å². The van der Waals surface area contributed by atoms with E-state index in [1.54, 1.807) is 0 Å². The summed E-state index contributed by atoms with van der Waals surface area (Å²) in [5.74, 6) is -0.647. The first-order chi connectivity index (χ1) is 9.43. The van der Waals surface area contributed by atoms with E-state index in [-0.39, 0.29) is 11.9 Å². The first-order valence-corrected chi connectivity index (χ1v) is 7.68. The summed E-state index contributed by atoms with van der Waals surface area (Å²) >= 11 is 0. The molecule has 1 heterocycles. The van der Waals surface area contributed by atoms with Crippen molar-refractivity contribution in [2.45, 2.75) is 58.9 Å². The minimum atomic E-state index is -0.694. The molecular weight excluding hydrogens is 256 g/mol. The van der Waals surface area contributed by atoms with Crippen molar-refractivity contribution in [3.8, 4) is 0 Å². The number of nitrogens with zero attached hydrogens (tertiary/aromatic N) is 1. The van der Waals surface area contributed by atoms with E-state index in [4.69, 9.17) is 0 Å². The highest BCUT2D eigenvalue weighted by Crippen LogP contribution is 2.34. The predicted octanol–water partition coefficient (Wildman–Crippen LogP) is 1.87. The van der Waals surface area contributed by atoms with Crippen molar-refractivity contribution in [1.29, 1.82) is 0 Å². The predicted molar refractivity (Wildman–Crippen MR) is 78.5 cm³/mol. The second-order valence-electron chi connectivity index (χ2n) is 5.97. The maximum atomic E-state index is 11.9. The van der Waals surface area contributed by atoms with Crippen LogP contribution in [0.3, 0.4) is 0 Å². The number of carbonyl (C=O) groups is 2. The molecule has 1 atom stereocenters. The zero-order valence-electron chi connectivity index (χ0n) is 12.9. The zero-order valence-corrected chi connectivity index (χ0v) is 12.9. The van der Waals surface area contributed by atoms with Crippen molar-refractivity contribution in [2.75, 3.05) is 19.6 Å². The smallest absolute Gasteiger partial charge is 0.309 e. The van der Waals surface area contributed by atoms with E-state index in [0.717, 1.165) is 12.8 Å². The second-order valence-corrected chi connectivity index (χ2v) is 5.97. The Kier molecular flexibility index (Phi) is 6.46. The minimum Gasteiger partial charge on any atom is -0.481 e. The topological polar surface area (TPSA) is 69.6 Å². The summed E-state index contributed by atoms with van der Waals surface area (Å²) in [7, 11) is 0. The van der Waals surface area contributed by atoms with Gasteiger partial charge in [-0.1, -0.05) is 20.3 Å². The van der Waals surface area contributed by atoms with Gasteiger partial charge in [0.25, 0.3) is 0 Å². The number of hydrogen-bond acceptors (Lipinski definition) is 3. The van der Waals surface area contributed by atoms with E-state index in [9.17, 15) is 14.7 Å². The molecule has 5 nitrogen and oxygen atoms in total. The molecule has 0 spiro atoms. The zero-order chi connectivity index (χ0) is 15.2. The van der Waals surface area contributed by atoms with Gasteiger partial charge in [0.15, 0.2) is 0 Å². The molecule has 1 unspecified atom stereocenters. The molecule has 116 valence electrons. The molecule has 20 heavy (non-hydrogen) atoms. The molecule has 1 aliphatic rings. The average Bonchev–Trinajstić information content (AvgIpc) is 2.39. The highest BCUT2D eigenvalue weighted by molar-refractivity contribution is 5.78. The van der Waals surface area contributed by atoms with Gasteiger partial charge in [0, 0.05) is 6.04 Å². The highest BCUT2D eigenvalue weighted by Gasteiger charge is 2.39. The second kappa shape index (κ2) is 7.62. The van der Waals surface area contributed by atoms with E-state index in [0.29, 0.717) is 38.9 Å². The summed E-state index contributed by atoms with van der Waals surface area (Å²) in [6.07, 6.45) is 3.98. The first-order valence-electron chi connectivity index (χ1n) is 7.68. The molecule has 0 bridgehead atoms. The number of amides is 1. The Bertz CT molecular complexity index is 336. The summed E-state index contributed by atoms with van der Waals surface area (Å²) in [5, 5.41) is 12.3. The lowest BCUT2D eigenvalue weighted by molar-refractivity contribution is -0.152. The van der Waals surface area contributed by atoms with Gasteiger partial charge in [-0.3, -0.25) is 14.5 Å². The third kappa shape index (κ3) is 4.47. The maximum absolute atomic E-state index is 11.9. The van der Waals surface area contributed by atoms with Crippen LogP contribution >= 0.6 is 0 Å². The molecule has 1 amide bonds. The molecule has 2 N–H and O–H groups in total. The Hall–Kier alpha value is -1.10. The minimum absolute atomic E-state index is 0.0465. The molecule has 0 aromatic carbocycles. The van der Waals surface area contributed by atoms with Crippen molar-refractivity contribution in [2.24, 2.45) is 5.41 Å². The van der Waals surface area contributed by atoms with Crippen LogP contribution in [0.2, 0.25) is 0 Å². The molecular formula is C15H28N2O3. The summed E-state index contributed by atoms with van der Waals surface area (Å²) < 4.78 is 0. The summed E-state index contributed by atoms with van der Waals surface area (Å²) in [6, 6.07) is 0.214. The number of likely N-dealkylation sites (tertiary alicyclic amines) is 1. The Morgan fingerprint density at radius 1 is 1.30 bits per heavy atom. The van der Waals surface area contributed by atoms with E-state index in [1.165, 1.54) is 0 Å². The Morgan fingerprint density at radius 3 is 2.35 bits per heavy atom. The Balaban J connectivity index is 2.39. The quantitative estimate of drug-likeness (QED) is 0.749. The van der Waals surface area contributed by atoms with Gasteiger partial charge in [-0.25, -0.2) is 0 Å². The lowest BCUT2D eigenvalue weighted by Gasteiger charge is -2.38. The number of carbonyl (C=O) groups excluding carboxylic acids is 1. The van der Waals surface area contributed by atoms with E-state index < -0.39 is 11.4 Å². The molecule has 0 radical (unpaired) electrons. The Labute approximate surface area is 121 Å². The SMILES string of the molecule is CCCC(C)NC(=O)CN1CCC(CC)(C(=O)O)CC1. The standard InChI is InChI=1S/C15H28N2O3/c1-4-6-12(3)16-13(18)11-17-9-7-15(5-2,8-10-17)14(19)20/h12H,4-11H2,1-3H3,(H,16,18)(H,19,20). The van der Waals surface area contributed by atoms with Gasteiger partial charge in [0.1, 0.15) is 0 Å². The number of aliphatic carboxylic acids is 1.